The molecule has 0 atom stereocenters. The number of fused-ring (bicyclic) bond motifs is 2. The van der Waals surface area contributed by atoms with Crippen molar-refractivity contribution >= 4 is 62.7 Å². The molecular weight excluding hydrogens is 634 g/mol. The van der Waals surface area contributed by atoms with E-state index >= 15 is 0 Å². The van der Waals surface area contributed by atoms with Crippen molar-refractivity contribution in [3.8, 4) is 28.2 Å². The van der Waals surface area contributed by atoms with Crippen molar-refractivity contribution < 1.29 is 22.5 Å². The van der Waals surface area contributed by atoms with E-state index in [1.54, 1.807) is 31.2 Å². The number of benzene rings is 5. The number of aromatic hydroxyl groups is 1. The second-order valence-corrected chi connectivity index (χ2v) is 13.2. The average Bonchev–Trinajstić information content (AvgIpc) is 3.03. The first-order valence-electron chi connectivity index (χ1n) is 14.6. The van der Waals surface area contributed by atoms with Gasteiger partial charge in [-0.25, -0.2) is 0 Å². The third kappa shape index (κ3) is 6.71. The second kappa shape index (κ2) is 12.6. The predicted octanol–water partition coefficient (Wildman–Crippen LogP) is 8.89. The lowest BCUT2D eigenvalue weighted by molar-refractivity contribution is 0.470. The zero-order chi connectivity index (χ0) is 33.5. The number of aryl methyl sites for hydroxylation is 1. The molecule has 1 aliphatic heterocycles. The van der Waals surface area contributed by atoms with Gasteiger partial charge in [0.1, 0.15) is 22.0 Å². The fourth-order valence-corrected chi connectivity index (χ4v) is 6.27. The van der Waals surface area contributed by atoms with E-state index in [-0.39, 0.29) is 32.6 Å². The van der Waals surface area contributed by atoms with Crippen molar-refractivity contribution in [3.63, 3.8) is 0 Å². The van der Waals surface area contributed by atoms with Gasteiger partial charge in [-0.2, -0.15) is 8.42 Å². The van der Waals surface area contributed by atoms with Gasteiger partial charge in [-0.05, 0) is 65.1 Å². The molecular formula is C38H30ClNO6S. The van der Waals surface area contributed by atoms with Crippen molar-refractivity contribution in [3.05, 3.63) is 134 Å². The summed E-state index contributed by atoms with van der Waals surface area (Å²) in [6, 6.07) is 26.6. The fraction of sp³-hybridized carbons (Fsp3) is 0.0789. The first kappa shape index (κ1) is 31.8. The molecule has 7 nitrogen and oxygen atoms in total. The van der Waals surface area contributed by atoms with Crippen molar-refractivity contribution in [2.45, 2.75) is 11.8 Å². The molecule has 0 saturated heterocycles. The number of rotatable bonds is 7. The minimum Gasteiger partial charge on any atom is -0.508 e. The molecule has 4 aromatic rings. The third-order valence-corrected chi connectivity index (χ3v) is 9.12. The standard InChI is InChI=1S/C38H30ClNO6S/c1-23-18-30-35(21-33(23)41)46-36-22-34(42)32(39)20-31(36)38(30)29-17-14-27(19-37(29)47(43,44)45)11-10-25-6-4-24(5-7-25)8-9-26-12-15-28(16-13-26)40(2)3/h4-22,41H,1-3H3,(H,43,44,45)/b9-8+,11-10+. The zero-order valence-corrected chi connectivity index (χ0v) is 27.3. The lowest BCUT2D eigenvalue weighted by Gasteiger charge is -2.18. The largest absolute Gasteiger partial charge is 0.508 e. The van der Waals surface area contributed by atoms with E-state index < -0.39 is 15.5 Å². The Morgan fingerprint density at radius 3 is 1.87 bits per heavy atom. The zero-order valence-electron chi connectivity index (χ0n) is 25.7. The first-order valence-corrected chi connectivity index (χ1v) is 16.4. The quantitative estimate of drug-likeness (QED) is 0.0998. The van der Waals surface area contributed by atoms with Crippen LogP contribution in [0.15, 0.2) is 105 Å². The summed E-state index contributed by atoms with van der Waals surface area (Å²) < 4.78 is 41.9. The summed E-state index contributed by atoms with van der Waals surface area (Å²) in [6.07, 6.45) is 7.69. The SMILES string of the molecule is Cc1cc2c(-c3ccc(/C=C/c4ccc(/C=C/c5ccc(N(C)C)cc5)cc4)cc3S(=O)(=O)O)c3cc(Cl)c(=O)cc-3oc2cc1O. The number of anilines is 1. The van der Waals surface area contributed by atoms with Crippen LogP contribution in [-0.4, -0.2) is 32.2 Å². The van der Waals surface area contributed by atoms with Gasteiger partial charge in [0.2, 0.25) is 5.43 Å². The molecule has 4 aromatic carbocycles. The fourth-order valence-electron chi connectivity index (χ4n) is 5.37. The highest BCUT2D eigenvalue weighted by Gasteiger charge is 2.25. The predicted molar refractivity (Wildman–Crippen MR) is 191 cm³/mol. The summed E-state index contributed by atoms with van der Waals surface area (Å²) >= 11 is 6.20. The second-order valence-electron chi connectivity index (χ2n) is 11.4. The van der Waals surface area contributed by atoms with Gasteiger partial charge in [-0.15, -0.1) is 0 Å². The monoisotopic (exact) mass is 663 g/mol. The Hall–Kier alpha value is -5.15. The topological polar surface area (TPSA) is 108 Å². The highest BCUT2D eigenvalue weighted by Crippen LogP contribution is 2.44. The molecule has 0 spiro atoms. The summed E-state index contributed by atoms with van der Waals surface area (Å²) in [5, 5.41) is 10.7. The molecule has 0 bridgehead atoms. The number of halogens is 1. The lowest BCUT2D eigenvalue weighted by Crippen LogP contribution is -2.07. The molecule has 236 valence electrons. The molecule has 0 saturated carbocycles. The molecule has 0 fully saturated rings. The van der Waals surface area contributed by atoms with Crippen LogP contribution in [0.4, 0.5) is 5.69 Å². The molecule has 2 aliphatic rings. The number of phenolic OH excluding ortho intramolecular Hbond substituents is 1. The van der Waals surface area contributed by atoms with Crippen molar-refractivity contribution in [1.82, 2.24) is 0 Å². The minimum atomic E-state index is -4.72. The minimum absolute atomic E-state index is 0.0303. The third-order valence-electron chi connectivity index (χ3n) is 7.93. The Kier molecular flexibility index (Phi) is 8.51. The highest BCUT2D eigenvalue weighted by molar-refractivity contribution is 7.86. The molecule has 0 unspecified atom stereocenters. The summed E-state index contributed by atoms with van der Waals surface area (Å²) in [5.41, 5.74) is 5.90. The molecule has 9 heteroatoms. The Balaban J connectivity index is 1.36. The number of phenols is 1. The maximum absolute atomic E-state index is 12.8. The Bertz CT molecular complexity index is 2340. The van der Waals surface area contributed by atoms with E-state index in [4.69, 9.17) is 16.0 Å². The molecule has 0 radical (unpaired) electrons. The highest BCUT2D eigenvalue weighted by atomic mass is 35.5. The van der Waals surface area contributed by atoms with Gasteiger partial charge >= 0.3 is 0 Å². The van der Waals surface area contributed by atoms with Crippen LogP contribution in [0, 0.1) is 6.92 Å². The van der Waals surface area contributed by atoms with Crippen LogP contribution in [-0.2, 0) is 10.1 Å². The maximum Gasteiger partial charge on any atom is 0.295 e. The summed E-state index contributed by atoms with van der Waals surface area (Å²) in [4.78, 5) is 14.1. The van der Waals surface area contributed by atoms with Crippen LogP contribution in [0.3, 0.4) is 0 Å². The van der Waals surface area contributed by atoms with Crippen molar-refractivity contribution in [2.24, 2.45) is 0 Å². The van der Waals surface area contributed by atoms with E-state index in [0.29, 0.717) is 27.6 Å². The van der Waals surface area contributed by atoms with Crippen LogP contribution in [0.5, 0.6) is 5.75 Å². The Morgan fingerprint density at radius 2 is 1.30 bits per heavy atom. The van der Waals surface area contributed by atoms with Gasteiger partial charge in [-0.3, -0.25) is 9.35 Å². The van der Waals surface area contributed by atoms with Crippen LogP contribution in [0.25, 0.3) is 57.7 Å². The van der Waals surface area contributed by atoms with Crippen molar-refractivity contribution in [2.75, 3.05) is 19.0 Å². The molecule has 0 amide bonds. The molecule has 6 rings (SSSR count). The molecule has 47 heavy (non-hydrogen) atoms. The van der Waals surface area contributed by atoms with Crippen LogP contribution in [0.2, 0.25) is 5.02 Å². The molecule has 1 heterocycles. The van der Waals surface area contributed by atoms with Crippen molar-refractivity contribution in [1.29, 1.82) is 0 Å². The average molecular weight is 664 g/mol. The lowest BCUT2D eigenvalue weighted by atomic mass is 9.92. The van der Waals surface area contributed by atoms with Crippen LogP contribution < -0.4 is 10.3 Å². The van der Waals surface area contributed by atoms with Gasteiger partial charge in [0.15, 0.2) is 0 Å². The normalized spacial score (nSPS) is 12.1. The van der Waals surface area contributed by atoms with Crippen LogP contribution in [0.1, 0.15) is 27.8 Å². The van der Waals surface area contributed by atoms with Gasteiger partial charge < -0.3 is 14.4 Å². The van der Waals surface area contributed by atoms with Crippen LogP contribution >= 0.6 is 11.6 Å². The maximum atomic E-state index is 12.8. The van der Waals surface area contributed by atoms with Gasteiger partial charge in [0.25, 0.3) is 10.1 Å². The number of nitrogens with zero attached hydrogens (tertiary/aromatic N) is 1. The molecule has 1 aliphatic carbocycles. The molecule has 0 aromatic heterocycles. The van der Waals surface area contributed by atoms with E-state index in [9.17, 15) is 22.9 Å². The first-order chi connectivity index (χ1) is 22.4. The summed E-state index contributed by atoms with van der Waals surface area (Å²) in [5.74, 6) is 0.119. The Morgan fingerprint density at radius 1 is 0.745 bits per heavy atom. The van der Waals surface area contributed by atoms with Gasteiger partial charge in [0.05, 0.1) is 5.02 Å². The van der Waals surface area contributed by atoms with Gasteiger partial charge in [-0.1, -0.05) is 84.4 Å². The number of hydrogen-bond acceptors (Lipinski definition) is 6. The van der Waals surface area contributed by atoms with Gasteiger partial charge in [0, 0.05) is 54.0 Å². The number of hydrogen-bond donors (Lipinski definition) is 2. The molecule has 2 N–H and O–H groups in total. The smallest absolute Gasteiger partial charge is 0.295 e. The van der Waals surface area contributed by atoms with E-state index in [1.165, 1.54) is 24.3 Å². The van der Waals surface area contributed by atoms with E-state index in [1.807, 2.05) is 56.6 Å². The van der Waals surface area contributed by atoms with E-state index in [2.05, 4.69) is 29.2 Å². The van der Waals surface area contributed by atoms with E-state index in [0.717, 1.165) is 22.4 Å². The summed E-state index contributed by atoms with van der Waals surface area (Å²) in [6.45, 7) is 1.70. The summed E-state index contributed by atoms with van der Waals surface area (Å²) in [7, 11) is -0.711. The Labute approximate surface area is 277 Å².